The van der Waals surface area contributed by atoms with E-state index in [1.807, 2.05) is 18.2 Å². The van der Waals surface area contributed by atoms with E-state index in [1.54, 1.807) is 6.07 Å². The molecule has 0 aromatic heterocycles. The number of halogens is 1. The number of carboxylic acids is 1. The molecular weight excluding hydrogens is 475 g/mol. The largest absolute Gasteiger partial charge is 0.492 e. The molecule has 2 aliphatic heterocycles. The van der Waals surface area contributed by atoms with Gasteiger partial charge in [0.2, 0.25) is 0 Å². The lowest BCUT2D eigenvalue weighted by molar-refractivity contribution is -0.137. The van der Waals surface area contributed by atoms with Crippen molar-refractivity contribution in [3.05, 3.63) is 81.7 Å². The van der Waals surface area contributed by atoms with Gasteiger partial charge in [0.1, 0.15) is 23.4 Å². The second kappa shape index (κ2) is 9.08. The fourth-order valence-corrected chi connectivity index (χ4v) is 5.76. The molecule has 3 aliphatic rings. The first kappa shape index (κ1) is 23.3. The summed E-state index contributed by atoms with van der Waals surface area (Å²) in [4.78, 5) is 11.1. The third kappa shape index (κ3) is 4.15. The second-order valence-corrected chi connectivity index (χ2v) is 9.75. The normalized spacial score (nSPS) is 19.4. The number of amidine groups is 1. The molecule has 37 heavy (non-hydrogen) atoms. The van der Waals surface area contributed by atoms with Crippen LogP contribution in [0.1, 0.15) is 58.2 Å². The number of hydrazine groups is 2. The Hall–Kier alpha value is -4.11. The van der Waals surface area contributed by atoms with E-state index < -0.39 is 12.1 Å². The summed E-state index contributed by atoms with van der Waals surface area (Å²) in [6.45, 7) is 4.45. The molecule has 0 fully saturated rings. The topological polar surface area (TPSA) is 104 Å². The summed E-state index contributed by atoms with van der Waals surface area (Å²) in [7, 11) is 0. The van der Waals surface area contributed by atoms with Crippen molar-refractivity contribution >= 4 is 11.8 Å². The Balaban J connectivity index is 1.30. The molecule has 1 aliphatic carbocycles. The van der Waals surface area contributed by atoms with Crippen LogP contribution in [-0.4, -0.2) is 23.5 Å². The molecule has 0 unspecified atom stereocenters. The van der Waals surface area contributed by atoms with Crippen LogP contribution in [0.5, 0.6) is 11.5 Å². The van der Waals surface area contributed by atoms with Crippen LogP contribution in [0, 0.1) is 19.7 Å². The minimum Gasteiger partial charge on any atom is -0.492 e. The van der Waals surface area contributed by atoms with Gasteiger partial charge in [-0.2, -0.15) is 0 Å². The number of carbonyl (C=O) groups is 1. The van der Waals surface area contributed by atoms with Gasteiger partial charge in [-0.15, -0.1) is 10.6 Å². The highest BCUT2D eigenvalue weighted by atomic mass is 19.1. The average Bonchev–Trinajstić information content (AvgIpc) is 3.61. The Morgan fingerprint density at radius 3 is 2.73 bits per heavy atom. The summed E-state index contributed by atoms with van der Waals surface area (Å²) in [5.74, 6) is 0.636. The fourth-order valence-electron chi connectivity index (χ4n) is 5.76. The number of hydrazone groups is 1. The fraction of sp³-hybridized carbons (Fsp3) is 0.286. The molecule has 6 rings (SSSR count). The summed E-state index contributed by atoms with van der Waals surface area (Å²) >= 11 is 0. The lowest BCUT2D eigenvalue weighted by atomic mass is 9.89. The molecular formula is C28H27FN4O4. The van der Waals surface area contributed by atoms with Gasteiger partial charge in [-0.25, -0.2) is 9.93 Å². The van der Waals surface area contributed by atoms with E-state index in [0.29, 0.717) is 42.3 Å². The van der Waals surface area contributed by atoms with Crippen LogP contribution in [0.2, 0.25) is 0 Å². The lowest BCUT2D eigenvalue weighted by Crippen LogP contribution is -2.35. The minimum atomic E-state index is -0.853. The number of rotatable bonds is 6. The zero-order chi connectivity index (χ0) is 25.7. The van der Waals surface area contributed by atoms with Crippen molar-refractivity contribution in [3.8, 4) is 22.6 Å². The maximum absolute atomic E-state index is 15.2. The van der Waals surface area contributed by atoms with Crippen molar-refractivity contribution in [1.82, 2.24) is 16.5 Å². The average molecular weight is 503 g/mol. The van der Waals surface area contributed by atoms with Crippen LogP contribution in [0.3, 0.4) is 0 Å². The summed E-state index contributed by atoms with van der Waals surface area (Å²) in [5, 5.41) is 13.3. The van der Waals surface area contributed by atoms with Gasteiger partial charge in [0, 0.05) is 28.7 Å². The van der Waals surface area contributed by atoms with E-state index in [-0.39, 0.29) is 18.2 Å². The van der Waals surface area contributed by atoms with Crippen molar-refractivity contribution in [2.75, 3.05) is 6.61 Å². The van der Waals surface area contributed by atoms with Gasteiger partial charge in [0.15, 0.2) is 5.84 Å². The second-order valence-electron chi connectivity index (χ2n) is 9.75. The number of benzene rings is 3. The number of aryl methyl sites for hydroxylation is 2. The summed E-state index contributed by atoms with van der Waals surface area (Å²) in [6.07, 6.45) is 0.975. The highest BCUT2D eigenvalue weighted by Gasteiger charge is 2.32. The first-order valence-electron chi connectivity index (χ1n) is 12.3. The van der Waals surface area contributed by atoms with Crippen LogP contribution < -0.4 is 26.0 Å². The molecule has 0 radical (unpaired) electrons. The van der Waals surface area contributed by atoms with Crippen LogP contribution in [-0.2, 0) is 11.2 Å². The zero-order valence-electron chi connectivity index (χ0n) is 20.5. The highest BCUT2D eigenvalue weighted by molar-refractivity contribution is 6.00. The third-order valence-corrected chi connectivity index (χ3v) is 7.33. The van der Waals surface area contributed by atoms with Gasteiger partial charge in [-0.05, 0) is 78.8 Å². The van der Waals surface area contributed by atoms with Crippen molar-refractivity contribution < 1.29 is 23.8 Å². The Morgan fingerprint density at radius 1 is 1.19 bits per heavy atom. The van der Waals surface area contributed by atoms with Gasteiger partial charge < -0.3 is 14.6 Å². The third-order valence-electron chi connectivity index (χ3n) is 7.33. The van der Waals surface area contributed by atoms with Crippen molar-refractivity contribution in [1.29, 1.82) is 0 Å². The van der Waals surface area contributed by atoms with Crippen LogP contribution in [0.4, 0.5) is 4.39 Å². The number of nitrogens with zero attached hydrogens (tertiary/aromatic N) is 1. The van der Waals surface area contributed by atoms with Gasteiger partial charge in [0.05, 0.1) is 13.0 Å². The molecule has 0 saturated carbocycles. The number of fused-ring (bicyclic) bond motifs is 2. The number of hydrogen-bond donors (Lipinski definition) is 4. The van der Waals surface area contributed by atoms with Crippen LogP contribution in [0.25, 0.3) is 11.1 Å². The number of aliphatic carboxylic acids is 1. The Kier molecular flexibility index (Phi) is 5.72. The standard InChI is InChI=1S/C28H27FN4O4/c1-14-9-16(28-30-32-33-31-28)10-15(2)26(14)20-5-7-22(29)27-21(20)6-8-23(27)37-18-3-4-19-17(11-25(34)35)13-36-24(19)12-18/h3-5,7,9-10,12,17,23,32-33H,6,8,11,13H2,1-2H3,(H,30,31)(H,34,35)/t17-,23-/m1/s1. The minimum absolute atomic E-state index is 0.0232. The summed E-state index contributed by atoms with van der Waals surface area (Å²) in [5.41, 5.74) is 16.1. The van der Waals surface area contributed by atoms with Crippen molar-refractivity contribution in [2.24, 2.45) is 5.10 Å². The smallest absolute Gasteiger partial charge is 0.304 e. The molecule has 2 atom stereocenters. The molecule has 8 nitrogen and oxygen atoms in total. The van der Waals surface area contributed by atoms with E-state index in [0.717, 1.165) is 38.9 Å². The summed E-state index contributed by atoms with van der Waals surface area (Å²) < 4.78 is 27.2. The van der Waals surface area contributed by atoms with E-state index in [1.165, 1.54) is 6.07 Å². The first-order valence-corrected chi connectivity index (χ1v) is 12.3. The van der Waals surface area contributed by atoms with Gasteiger partial charge in [-0.3, -0.25) is 10.2 Å². The van der Waals surface area contributed by atoms with Gasteiger partial charge >= 0.3 is 5.97 Å². The lowest BCUT2D eigenvalue weighted by Gasteiger charge is -2.19. The van der Waals surface area contributed by atoms with Crippen molar-refractivity contribution in [3.63, 3.8) is 0 Å². The molecule has 0 spiro atoms. The Labute approximate surface area is 213 Å². The number of nitrogens with one attached hydrogen (secondary N) is 3. The quantitative estimate of drug-likeness (QED) is 0.396. The van der Waals surface area contributed by atoms with Crippen LogP contribution >= 0.6 is 0 Å². The monoisotopic (exact) mass is 502 g/mol. The van der Waals surface area contributed by atoms with E-state index in [2.05, 4.69) is 47.6 Å². The molecule has 0 amide bonds. The van der Waals surface area contributed by atoms with E-state index in [4.69, 9.17) is 14.6 Å². The predicted molar refractivity (Wildman–Crippen MR) is 136 cm³/mol. The van der Waals surface area contributed by atoms with E-state index in [9.17, 15) is 4.79 Å². The maximum Gasteiger partial charge on any atom is 0.304 e. The molecule has 0 saturated heterocycles. The van der Waals surface area contributed by atoms with Gasteiger partial charge in [0.25, 0.3) is 0 Å². The predicted octanol–water partition coefficient (Wildman–Crippen LogP) is 4.40. The molecule has 9 heteroatoms. The number of ether oxygens (including phenoxy) is 2. The Bertz CT molecular complexity index is 1430. The van der Waals surface area contributed by atoms with Crippen LogP contribution in [0.15, 0.2) is 47.6 Å². The molecule has 3 aromatic carbocycles. The SMILES string of the molecule is Cc1cc(C2=NNNN2)cc(C)c1-c1ccc(F)c2c1CC[C@H]2Oc1ccc2c(c1)OC[C@H]2CC(=O)O. The Morgan fingerprint density at radius 2 is 2.00 bits per heavy atom. The molecule has 190 valence electrons. The summed E-state index contributed by atoms with van der Waals surface area (Å²) in [6, 6.07) is 13.0. The molecule has 2 heterocycles. The molecule has 0 bridgehead atoms. The molecule has 4 N–H and O–H groups in total. The number of carboxylic acid groups (broad SMARTS) is 1. The zero-order valence-corrected chi connectivity index (χ0v) is 20.5. The molecule has 3 aromatic rings. The first-order chi connectivity index (χ1) is 17.9. The van der Waals surface area contributed by atoms with Crippen molar-refractivity contribution in [2.45, 2.75) is 45.1 Å². The number of hydrogen-bond acceptors (Lipinski definition) is 7. The van der Waals surface area contributed by atoms with E-state index >= 15 is 4.39 Å². The van der Waals surface area contributed by atoms with Gasteiger partial charge in [-0.1, -0.05) is 12.1 Å². The maximum atomic E-state index is 15.2. The highest BCUT2D eigenvalue weighted by Crippen LogP contribution is 2.45.